The molecule has 0 saturated carbocycles. The zero-order valence-corrected chi connectivity index (χ0v) is 16.9. The van der Waals surface area contributed by atoms with Gasteiger partial charge in [0, 0.05) is 37.2 Å². The fourth-order valence-electron chi connectivity index (χ4n) is 3.83. The van der Waals surface area contributed by atoms with Gasteiger partial charge in [0.15, 0.2) is 5.96 Å². The molecule has 0 bridgehead atoms. The van der Waals surface area contributed by atoms with Gasteiger partial charge in [-0.15, -0.1) is 0 Å². The van der Waals surface area contributed by atoms with Gasteiger partial charge in [-0.3, -0.25) is 4.99 Å². The first-order valence-electron chi connectivity index (χ1n) is 10.5. The third-order valence-corrected chi connectivity index (χ3v) is 5.66. The average molecular weight is 370 g/mol. The van der Waals surface area contributed by atoms with Crippen molar-refractivity contribution in [3.05, 3.63) is 36.0 Å². The fraction of sp³-hybridized carbons (Fsp3) is 0.591. The summed E-state index contributed by atoms with van der Waals surface area (Å²) >= 11 is 0. The van der Waals surface area contributed by atoms with Crippen LogP contribution in [0.1, 0.15) is 38.2 Å². The molecule has 0 aliphatic carbocycles. The van der Waals surface area contributed by atoms with Crippen LogP contribution >= 0.6 is 0 Å². The van der Waals surface area contributed by atoms with Gasteiger partial charge in [-0.2, -0.15) is 0 Å². The third-order valence-electron chi connectivity index (χ3n) is 5.66. The first kappa shape index (κ1) is 19.7. The molecule has 0 spiro atoms. The Morgan fingerprint density at radius 3 is 2.74 bits per heavy atom. The largest absolute Gasteiger partial charge is 0.361 e. The van der Waals surface area contributed by atoms with E-state index in [2.05, 4.69) is 62.9 Å². The fourth-order valence-corrected chi connectivity index (χ4v) is 3.83. The lowest BCUT2D eigenvalue weighted by Gasteiger charge is -2.30. The first-order chi connectivity index (χ1) is 13.3. The number of benzene rings is 1. The molecule has 5 nitrogen and oxygen atoms in total. The predicted molar refractivity (Wildman–Crippen MR) is 115 cm³/mol. The van der Waals surface area contributed by atoms with E-state index in [-0.39, 0.29) is 0 Å². The van der Waals surface area contributed by atoms with Crippen molar-refractivity contribution in [2.24, 2.45) is 10.9 Å². The second kappa shape index (κ2) is 10.4. The van der Waals surface area contributed by atoms with Gasteiger partial charge in [-0.05, 0) is 69.3 Å². The summed E-state index contributed by atoms with van der Waals surface area (Å²) < 4.78 is 0. The van der Waals surface area contributed by atoms with Gasteiger partial charge in [0.05, 0.1) is 0 Å². The SMILES string of the molecule is CN=C(NCCCCN1CCC(C)CC1)NCCc1c[nH]c2ccccc12. The highest BCUT2D eigenvalue weighted by atomic mass is 15.2. The second-order valence-corrected chi connectivity index (χ2v) is 7.77. The number of fused-ring (bicyclic) bond motifs is 1. The number of hydrogen-bond acceptors (Lipinski definition) is 2. The number of aromatic nitrogens is 1. The quantitative estimate of drug-likeness (QED) is 0.380. The number of guanidine groups is 1. The summed E-state index contributed by atoms with van der Waals surface area (Å²) in [4.78, 5) is 10.3. The van der Waals surface area contributed by atoms with E-state index in [1.165, 1.54) is 61.8 Å². The van der Waals surface area contributed by atoms with Crippen LogP contribution in [0.2, 0.25) is 0 Å². The van der Waals surface area contributed by atoms with E-state index in [0.717, 1.165) is 31.4 Å². The zero-order valence-electron chi connectivity index (χ0n) is 16.9. The van der Waals surface area contributed by atoms with E-state index in [1.807, 2.05) is 7.05 Å². The molecular formula is C22H35N5. The smallest absolute Gasteiger partial charge is 0.190 e. The normalized spacial score (nSPS) is 16.7. The monoisotopic (exact) mass is 369 g/mol. The van der Waals surface area contributed by atoms with Gasteiger partial charge in [0.25, 0.3) is 0 Å². The van der Waals surface area contributed by atoms with Crippen LogP contribution in [0.3, 0.4) is 0 Å². The van der Waals surface area contributed by atoms with Crippen LogP contribution < -0.4 is 10.6 Å². The van der Waals surface area contributed by atoms with Crippen LogP contribution in [0.4, 0.5) is 0 Å². The highest BCUT2D eigenvalue weighted by molar-refractivity contribution is 5.83. The minimum absolute atomic E-state index is 0.882. The van der Waals surface area contributed by atoms with Gasteiger partial charge in [0.1, 0.15) is 0 Å². The Labute approximate surface area is 163 Å². The Hall–Kier alpha value is -2.01. The second-order valence-electron chi connectivity index (χ2n) is 7.77. The maximum atomic E-state index is 4.34. The van der Waals surface area contributed by atoms with Crippen molar-refractivity contribution in [3.8, 4) is 0 Å². The van der Waals surface area contributed by atoms with Gasteiger partial charge in [-0.25, -0.2) is 0 Å². The molecule has 148 valence electrons. The number of para-hydroxylation sites is 1. The summed E-state index contributed by atoms with van der Waals surface area (Å²) in [5.74, 6) is 1.82. The number of H-pyrrole nitrogens is 1. The number of aromatic amines is 1. The molecule has 1 fully saturated rings. The molecule has 0 atom stereocenters. The van der Waals surface area contributed by atoms with Crippen LogP contribution in [0.25, 0.3) is 10.9 Å². The number of nitrogens with one attached hydrogen (secondary N) is 3. The number of nitrogens with zero attached hydrogens (tertiary/aromatic N) is 2. The maximum absolute atomic E-state index is 4.34. The minimum atomic E-state index is 0.882. The summed E-state index contributed by atoms with van der Waals surface area (Å²) in [6.07, 6.45) is 8.28. The lowest BCUT2D eigenvalue weighted by atomic mass is 9.99. The molecule has 1 aromatic heterocycles. The first-order valence-corrected chi connectivity index (χ1v) is 10.5. The summed E-state index contributed by atoms with van der Waals surface area (Å²) in [6.45, 7) is 8.04. The van der Waals surface area contributed by atoms with Crippen molar-refractivity contribution < 1.29 is 0 Å². The lowest BCUT2D eigenvalue weighted by molar-refractivity contribution is 0.189. The molecule has 0 amide bonds. The van der Waals surface area contributed by atoms with Crippen molar-refractivity contribution in [1.82, 2.24) is 20.5 Å². The molecular weight excluding hydrogens is 334 g/mol. The number of piperidine rings is 1. The van der Waals surface area contributed by atoms with Crippen molar-refractivity contribution in [1.29, 1.82) is 0 Å². The maximum Gasteiger partial charge on any atom is 0.190 e. The van der Waals surface area contributed by atoms with Crippen LogP contribution in [-0.4, -0.2) is 55.6 Å². The number of hydrogen-bond donors (Lipinski definition) is 3. The molecule has 27 heavy (non-hydrogen) atoms. The molecule has 0 unspecified atom stereocenters. The molecule has 3 N–H and O–H groups in total. The molecule has 1 aromatic carbocycles. The van der Waals surface area contributed by atoms with E-state index in [9.17, 15) is 0 Å². The standard InChI is InChI=1S/C22H35N5/c1-18-10-15-27(16-11-18)14-6-5-12-24-22(23-2)25-13-9-19-17-26-21-8-4-3-7-20(19)21/h3-4,7-8,17-18,26H,5-6,9-16H2,1-2H3,(H2,23,24,25). The zero-order chi connectivity index (χ0) is 18.9. The molecule has 2 aromatic rings. The van der Waals surface area contributed by atoms with E-state index >= 15 is 0 Å². The summed E-state index contributed by atoms with van der Waals surface area (Å²) in [5.41, 5.74) is 2.56. The average Bonchev–Trinajstić information content (AvgIpc) is 3.11. The van der Waals surface area contributed by atoms with Crippen molar-refractivity contribution in [2.45, 2.75) is 39.0 Å². The number of rotatable bonds is 8. The van der Waals surface area contributed by atoms with E-state index < -0.39 is 0 Å². The molecule has 0 radical (unpaired) electrons. The Morgan fingerprint density at radius 1 is 1.15 bits per heavy atom. The topological polar surface area (TPSA) is 55.5 Å². The Bertz CT molecular complexity index is 712. The van der Waals surface area contributed by atoms with Crippen molar-refractivity contribution >= 4 is 16.9 Å². The van der Waals surface area contributed by atoms with Crippen molar-refractivity contribution in [2.75, 3.05) is 39.8 Å². The molecule has 1 aliphatic rings. The highest BCUT2D eigenvalue weighted by Crippen LogP contribution is 2.18. The lowest BCUT2D eigenvalue weighted by Crippen LogP contribution is -2.39. The van der Waals surface area contributed by atoms with Gasteiger partial charge >= 0.3 is 0 Å². The van der Waals surface area contributed by atoms with Gasteiger partial charge in [-0.1, -0.05) is 25.1 Å². The van der Waals surface area contributed by atoms with E-state index in [0.29, 0.717) is 0 Å². The molecule has 5 heteroatoms. The summed E-state index contributed by atoms with van der Waals surface area (Å²) in [6, 6.07) is 8.46. The number of likely N-dealkylation sites (tertiary alicyclic amines) is 1. The summed E-state index contributed by atoms with van der Waals surface area (Å²) in [5, 5.41) is 8.19. The molecule has 1 aliphatic heterocycles. The Morgan fingerprint density at radius 2 is 1.93 bits per heavy atom. The van der Waals surface area contributed by atoms with Gasteiger partial charge in [0.2, 0.25) is 0 Å². The predicted octanol–water partition coefficient (Wildman–Crippen LogP) is 3.39. The Kier molecular flexibility index (Phi) is 7.57. The molecule has 2 heterocycles. The Balaban J connectivity index is 1.29. The van der Waals surface area contributed by atoms with E-state index in [1.54, 1.807) is 0 Å². The van der Waals surface area contributed by atoms with Crippen LogP contribution in [0.5, 0.6) is 0 Å². The van der Waals surface area contributed by atoms with Crippen LogP contribution in [-0.2, 0) is 6.42 Å². The highest BCUT2D eigenvalue weighted by Gasteiger charge is 2.14. The van der Waals surface area contributed by atoms with Gasteiger partial charge < -0.3 is 20.5 Å². The van der Waals surface area contributed by atoms with Crippen LogP contribution in [0, 0.1) is 5.92 Å². The molecule has 3 rings (SSSR count). The summed E-state index contributed by atoms with van der Waals surface area (Å²) in [7, 11) is 1.84. The minimum Gasteiger partial charge on any atom is -0.361 e. The molecule has 1 saturated heterocycles. The number of aliphatic imine (C=N–C) groups is 1. The van der Waals surface area contributed by atoms with Crippen molar-refractivity contribution in [3.63, 3.8) is 0 Å². The third kappa shape index (κ3) is 5.99. The number of unbranched alkanes of at least 4 members (excludes halogenated alkanes) is 1. The van der Waals surface area contributed by atoms with Crippen LogP contribution in [0.15, 0.2) is 35.5 Å². The van der Waals surface area contributed by atoms with E-state index in [4.69, 9.17) is 0 Å².